The molecule has 0 spiro atoms. The topological polar surface area (TPSA) is 92.4 Å². The number of rotatable bonds is 7. The molecule has 1 aromatic carbocycles. The van der Waals surface area contributed by atoms with Crippen molar-refractivity contribution < 1.29 is 14.3 Å². The second-order valence-corrected chi connectivity index (χ2v) is 6.26. The molecule has 2 aromatic rings. The molecule has 7 nitrogen and oxygen atoms in total. The van der Waals surface area contributed by atoms with Gasteiger partial charge in [-0.25, -0.2) is 4.79 Å². The van der Waals surface area contributed by atoms with Gasteiger partial charge in [-0.05, 0) is 55.8 Å². The highest BCUT2D eigenvalue weighted by atomic mass is 16.5. The molecule has 26 heavy (non-hydrogen) atoms. The predicted molar refractivity (Wildman–Crippen MR) is 100 cm³/mol. The maximum Gasteiger partial charge on any atom is 0.315 e. The lowest BCUT2D eigenvalue weighted by atomic mass is 10.0. The van der Waals surface area contributed by atoms with Crippen LogP contribution in [0.25, 0.3) is 0 Å². The standard InChI is InChI=1S/C19H24N4O3/c1-19(2,23-18(25)20-3)17(24)22-15-4-6-16(7-5-15)26-13-10-14-8-11-21-12-9-14/h4-9,11-12H,10,13H2,1-3H3,(H,22,24)(H2,20,23,25). The molecule has 0 saturated carbocycles. The lowest BCUT2D eigenvalue weighted by molar-refractivity contribution is -0.120. The number of hydrogen-bond acceptors (Lipinski definition) is 4. The summed E-state index contributed by atoms with van der Waals surface area (Å²) in [6, 6.07) is 10.6. The van der Waals surface area contributed by atoms with Crippen LogP contribution in [0.2, 0.25) is 0 Å². The maximum atomic E-state index is 12.3. The SMILES string of the molecule is CNC(=O)NC(C)(C)C(=O)Nc1ccc(OCCc2ccncc2)cc1. The van der Waals surface area contributed by atoms with E-state index in [1.54, 1.807) is 50.5 Å². The van der Waals surface area contributed by atoms with Crippen molar-refractivity contribution in [2.24, 2.45) is 0 Å². The normalized spacial score (nSPS) is 10.7. The Hall–Kier alpha value is -3.09. The summed E-state index contributed by atoms with van der Waals surface area (Å²) in [7, 11) is 1.50. The van der Waals surface area contributed by atoms with E-state index >= 15 is 0 Å². The van der Waals surface area contributed by atoms with E-state index in [1.165, 1.54) is 7.05 Å². The Labute approximate surface area is 153 Å². The second kappa shape index (κ2) is 8.84. The smallest absolute Gasteiger partial charge is 0.315 e. The van der Waals surface area contributed by atoms with Crippen LogP contribution in [-0.4, -0.2) is 36.1 Å². The highest BCUT2D eigenvalue weighted by molar-refractivity contribution is 5.99. The van der Waals surface area contributed by atoms with Crippen LogP contribution in [0.3, 0.4) is 0 Å². The lowest BCUT2D eigenvalue weighted by Gasteiger charge is -2.24. The van der Waals surface area contributed by atoms with E-state index in [2.05, 4.69) is 20.9 Å². The monoisotopic (exact) mass is 356 g/mol. The predicted octanol–water partition coefficient (Wildman–Crippen LogP) is 2.35. The molecule has 0 atom stereocenters. The van der Waals surface area contributed by atoms with Gasteiger partial charge in [0.15, 0.2) is 0 Å². The van der Waals surface area contributed by atoms with Crippen LogP contribution in [0.4, 0.5) is 10.5 Å². The van der Waals surface area contributed by atoms with Crippen molar-refractivity contribution in [3.63, 3.8) is 0 Å². The highest BCUT2D eigenvalue weighted by Gasteiger charge is 2.29. The number of anilines is 1. The molecule has 0 aliphatic rings. The molecule has 2 rings (SSSR count). The summed E-state index contributed by atoms with van der Waals surface area (Å²) in [6.07, 6.45) is 4.31. The molecule has 0 aliphatic carbocycles. The van der Waals surface area contributed by atoms with Gasteiger partial charge in [-0.2, -0.15) is 0 Å². The fourth-order valence-electron chi connectivity index (χ4n) is 2.16. The first kappa shape index (κ1) is 19.2. The van der Waals surface area contributed by atoms with Crippen LogP contribution in [0.1, 0.15) is 19.4 Å². The summed E-state index contributed by atoms with van der Waals surface area (Å²) in [4.78, 5) is 27.7. The van der Waals surface area contributed by atoms with Gasteiger partial charge in [0.25, 0.3) is 0 Å². The minimum atomic E-state index is -1.04. The quantitative estimate of drug-likeness (QED) is 0.710. The van der Waals surface area contributed by atoms with Gasteiger partial charge in [-0.1, -0.05) is 0 Å². The third kappa shape index (κ3) is 5.77. The van der Waals surface area contributed by atoms with Gasteiger partial charge < -0.3 is 20.7 Å². The van der Waals surface area contributed by atoms with Crippen LogP contribution < -0.4 is 20.7 Å². The largest absolute Gasteiger partial charge is 0.493 e. The Balaban J connectivity index is 1.84. The number of hydrogen-bond donors (Lipinski definition) is 3. The second-order valence-electron chi connectivity index (χ2n) is 6.26. The Kier molecular flexibility index (Phi) is 6.54. The number of nitrogens with one attached hydrogen (secondary N) is 3. The van der Waals surface area contributed by atoms with E-state index in [9.17, 15) is 9.59 Å². The van der Waals surface area contributed by atoms with E-state index in [0.717, 1.165) is 17.7 Å². The van der Waals surface area contributed by atoms with Gasteiger partial charge in [-0.3, -0.25) is 9.78 Å². The van der Waals surface area contributed by atoms with Crippen molar-refractivity contribution in [1.29, 1.82) is 0 Å². The summed E-state index contributed by atoms with van der Waals surface area (Å²) in [5.41, 5.74) is 0.748. The van der Waals surface area contributed by atoms with Gasteiger partial charge in [0, 0.05) is 31.5 Å². The first-order valence-corrected chi connectivity index (χ1v) is 8.34. The van der Waals surface area contributed by atoms with E-state index in [4.69, 9.17) is 4.74 Å². The molecule has 0 aliphatic heterocycles. The number of aromatic nitrogens is 1. The molecule has 0 unspecified atom stereocenters. The number of amides is 3. The minimum Gasteiger partial charge on any atom is -0.493 e. The summed E-state index contributed by atoms with van der Waals surface area (Å²) >= 11 is 0. The van der Waals surface area contributed by atoms with Crippen LogP contribution in [0.5, 0.6) is 5.75 Å². The third-order valence-corrected chi connectivity index (χ3v) is 3.74. The maximum absolute atomic E-state index is 12.3. The van der Waals surface area contributed by atoms with E-state index in [0.29, 0.717) is 12.3 Å². The molecule has 138 valence electrons. The Morgan fingerprint density at radius 2 is 1.73 bits per heavy atom. The summed E-state index contributed by atoms with van der Waals surface area (Å²) in [5.74, 6) is 0.409. The number of carbonyl (C=O) groups is 2. The Morgan fingerprint density at radius 1 is 1.08 bits per heavy atom. The number of urea groups is 1. The van der Waals surface area contributed by atoms with Crippen molar-refractivity contribution in [2.45, 2.75) is 25.8 Å². The highest BCUT2D eigenvalue weighted by Crippen LogP contribution is 2.17. The lowest BCUT2D eigenvalue weighted by Crippen LogP contribution is -2.54. The third-order valence-electron chi connectivity index (χ3n) is 3.74. The average Bonchev–Trinajstić information content (AvgIpc) is 2.63. The van der Waals surface area contributed by atoms with Crippen LogP contribution >= 0.6 is 0 Å². The first-order chi connectivity index (χ1) is 12.4. The zero-order valence-corrected chi connectivity index (χ0v) is 15.2. The van der Waals surface area contributed by atoms with Crippen molar-refractivity contribution in [2.75, 3.05) is 19.0 Å². The fourth-order valence-corrected chi connectivity index (χ4v) is 2.16. The summed E-state index contributed by atoms with van der Waals surface area (Å²) in [6.45, 7) is 3.82. The van der Waals surface area contributed by atoms with E-state index < -0.39 is 11.6 Å². The fraction of sp³-hybridized carbons (Fsp3) is 0.316. The number of pyridine rings is 1. The first-order valence-electron chi connectivity index (χ1n) is 8.34. The van der Waals surface area contributed by atoms with Gasteiger partial charge in [0.2, 0.25) is 5.91 Å². The van der Waals surface area contributed by atoms with Crippen LogP contribution in [-0.2, 0) is 11.2 Å². The number of carbonyl (C=O) groups excluding carboxylic acids is 2. The summed E-state index contributed by atoms with van der Waals surface area (Å²) in [5, 5.41) is 7.80. The molecular weight excluding hydrogens is 332 g/mol. The number of ether oxygens (including phenoxy) is 1. The zero-order valence-electron chi connectivity index (χ0n) is 15.2. The van der Waals surface area contributed by atoms with Gasteiger partial charge in [0.05, 0.1) is 6.61 Å². The minimum absolute atomic E-state index is 0.313. The van der Waals surface area contributed by atoms with Crippen molar-refractivity contribution in [3.05, 3.63) is 54.4 Å². The van der Waals surface area contributed by atoms with Gasteiger partial charge in [-0.15, -0.1) is 0 Å². The molecule has 0 bridgehead atoms. The van der Waals surface area contributed by atoms with Crippen molar-refractivity contribution >= 4 is 17.6 Å². The zero-order chi connectivity index (χ0) is 19.0. The molecule has 7 heteroatoms. The van der Waals surface area contributed by atoms with Gasteiger partial charge >= 0.3 is 6.03 Å². The molecule has 3 N–H and O–H groups in total. The molecule has 0 radical (unpaired) electrons. The van der Waals surface area contributed by atoms with Crippen LogP contribution in [0, 0.1) is 0 Å². The number of benzene rings is 1. The van der Waals surface area contributed by atoms with Crippen LogP contribution in [0.15, 0.2) is 48.8 Å². The van der Waals surface area contributed by atoms with E-state index in [-0.39, 0.29) is 5.91 Å². The van der Waals surface area contributed by atoms with Crippen molar-refractivity contribution in [1.82, 2.24) is 15.6 Å². The van der Waals surface area contributed by atoms with E-state index in [1.807, 2.05) is 12.1 Å². The van der Waals surface area contributed by atoms with Gasteiger partial charge in [0.1, 0.15) is 11.3 Å². The Bertz CT molecular complexity index is 730. The molecule has 1 aromatic heterocycles. The van der Waals surface area contributed by atoms with Crippen molar-refractivity contribution in [3.8, 4) is 5.75 Å². The number of nitrogens with zero attached hydrogens (tertiary/aromatic N) is 1. The molecular formula is C19H24N4O3. The Morgan fingerprint density at radius 3 is 2.35 bits per heavy atom. The molecule has 3 amide bonds. The molecule has 0 saturated heterocycles. The summed E-state index contributed by atoms with van der Waals surface area (Å²) < 4.78 is 5.71. The molecule has 1 heterocycles. The average molecular weight is 356 g/mol. The molecule has 0 fully saturated rings.